The van der Waals surface area contributed by atoms with Crippen molar-refractivity contribution in [2.45, 2.75) is 40.5 Å². The van der Waals surface area contributed by atoms with Crippen LogP contribution in [0, 0.1) is 23.7 Å². The number of likely N-dealkylation sites (tertiary alicyclic amines) is 1. The number of aliphatic imine (C=N–C) groups is 1. The van der Waals surface area contributed by atoms with E-state index in [-0.39, 0.29) is 29.9 Å². The normalized spacial score (nSPS) is 30.3. The van der Waals surface area contributed by atoms with Crippen LogP contribution in [-0.2, 0) is 9.84 Å². The molecule has 0 saturated carbocycles. The minimum Gasteiger partial charge on any atom is -0.356 e. The van der Waals surface area contributed by atoms with Crippen molar-refractivity contribution in [3.05, 3.63) is 0 Å². The van der Waals surface area contributed by atoms with Gasteiger partial charge in [-0.15, -0.1) is 24.0 Å². The molecule has 0 aliphatic carbocycles. The Morgan fingerprint density at radius 1 is 1.25 bits per heavy atom. The van der Waals surface area contributed by atoms with Gasteiger partial charge in [-0.25, -0.2) is 8.42 Å². The van der Waals surface area contributed by atoms with Gasteiger partial charge in [-0.05, 0) is 36.5 Å². The summed E-state index contributed by atoms with van der Waals surface area (Å²) in [4.78, 5) is 7.14. The number of hydrogen-bond acceptors (Lipinski definition) is 3. The van der Waals surface area contributed by atoms with Crippen LogP contribution in [0.4, 0.5) is 0 Å². The summed E-state index contributed by atoms with van der Waals surface area (Å²) in [6.45, 7) is 12.6. The van der Waals surface area contributed by atoms with Crippen LogP contribution in [-0.4, -0.2) is 57.0 Å². The van der Waals surface area contributed by atoms with Crippen molar-refractivity contribution in [3.63, 3.8) is 0 Å². The van der Waals surface area contributed by atoms with Crippen LogP contribution < -0.4 is 5.32 Å². The standard InChI is InChI=1S/C17H33N3O2S.HI/c1-13(2)9-18-17(20-7-5-14(3)15(4)11-20)19-10-16-6-8-23(21,22)12-16;/h13-16H,5-12H2,1-4H3,(H,18,19);1H. The van der Waals surface area contributed by atoms with Crippen LogP contribution in [0.2, 0.25) is 0 Å². The fourth-order valence-electron chi connectivity index (χ4n) is 3.26. The van der Waals surface area contributed by atoms with Gasteiger partial charge < -0.3 is 10.2 Å². The molecule has 0 bridgehead atoms. The molecule has 7 heteroatoms. The van der Waals surface area contributed by atoms with Crippen molar-refractivity contribution < 1.29 is 8.42 Å². The van der Waals surface area contributed by atoms with Gasteiger partial charge in [-0.1, -0.05) is 27.7 Å². The van der Waals surface area contributed by atoms with E-state index in [9.17, 15) is 8.42 Å². The third-order valence-corrected chi connectivity index (χ3v) is 6.95. The molecular weight excluding hydrogens is 437 g/mol. The lowest BCUT2D eigenvalue weighted by molar-refractivity contribution is 0.199. The quantitative estimate of drug-likeness (QED) is 0.389. The second-order valence-electron chi connectivity index (χ2n) is 7.90. The van der Waals surface area contributed by atoms with Crippen LogP contribution in [0.1, 0.15) is 40.5 Å². The van der Waals surface area contributed by atoms with E-state index in [1.165, 1.54) is 6.42 Å². The SMILES string of the molecule is CC(C)CN=C(NCC1CCS(=O)(=O)C1)N1CCC(C)C(C)C1.I. The summed E-state index contributed by atoms with van der Waals surface area (Å²) in [6, 6.07) is 0. The van der Waals surface area contributed by atoms with Crippen molar-refractivity contribution in [1.29, 1.82) is 0 Å². The molecule has 0 aromatic carbocycles. The average molecular weight is 471 g/mol. The van der Waals surface area contributed by atoms with E-state index in [4.69, 9.17) is 4.99 Å². The predicted octanol–water partition coefficient (Wildman–Crippen LogP) is 2.62. The highest BCUT2D eigenvalue weighted by atomic mass is 127. The van der Waals surface area contributed by atoms with Gasteiger partial charge >= 0.3 is 0 Å². The molecule has 1 N–H and O–H groups in total. The van der Waals surface area contributed by atoms with Crippen molar-refractivity contribution >= 4 is 39.8 Å². The zero-order valence-electron chi connectivity index (χ0n) is 15.5. The molecule has 0 amide bonds. The molecule has 2 aliphatic heterocycles. The van der Waals surface area contributed by atoms with Crippen LogP contribution in [0.5, 0.6) is 0 Å². The first-order valence-corrected chi connectivity index (χ1v) is 10.8. The highest BCUT2D eigenvalue weighted by molar-refractivity contribution is 14.0. The number of nitrogens with zero attached hydrogens (tertiary/aromatic N) is 2. The van der Waals surface area contributed by atoms with E-state index in [0.717, 1.165) is 44.5 Å². The fourth-order valence-corrected chi connectivity index (χ4v) is 5.12. The van der Waals surface area contributed by atoms with Crippen LogP contribution in [0.3, 0.4) is 0 Å². The highest BCUT2D eigenvalue weighted by Gasteiger charge is 2.29. The summed E-state index contributed by atoms with van der Waals surface area (Å²) in [5.41, 5.74) is 0. The van der Waals surface area contributed by atoms with Gasteiger partial charge in [0.2, 0.25) is 0 Å². The monoisotopic (exact) mass is 471 g/mol. The van der Waals surface area contributed by atoms with E-state index >= 15 is 0 Å². The van der Waals surface area contributed by atoms with Crippen molar-refractivity contribution in [1.82, 2.24) is 10.2 Å². The van der Waals surface area contributed by atoms with Crippen molar-refractivity contribution in [3.8, 4) is 0 Å². The summed E-state index contributed by atoms with van der Waals surface area (Å²) in [5.74, 6) is 3.83. The molecule has 0 aromatic heterocycles. The number of hydrogen-bond donors (Lipinski definition) is 1. The second-order valence-corrected chi connectivity index (χ2v) is 10.1. The summed E-state index contributed by atoms with van der Waals surface area (Å²) in [7, 11) is -2.80. The molecule has 0 spiro atoms. The Bertz CT molecular complexity index is 522. The first-order chi connectivity index (χ1) is 10.8. The summed E-state index contributed by atoms with van der Waals surface area (Å²) >= 11 is 0. The second kappa shape index (κ2) is 9.59. The zero-order chi connectivity index (χ0) is 17.0. The van der Waals surface area contributed by atoms with Gasteiger partial charge in [-0.2, -0.15) is 0 Å². The molecular formula is C17H34IN3O2S. The number of halogens is 1. The third-order valence-electron chi connectivity index (χ3n) is 5.12. The molecule has 2 fully saturated rings. The Kier molecular flexibility index (Phi) is 8.79. The van der Waals surface area contributed by atoms with Gasteiger partial charge in [-0.3, -0.25) is 4.99 Å². The van der Waals surface area contributed by atoms with Crippen LogP contribution in [0.15, 0.2) is 4.99 Å². The molecule has 0 radical (unpaired) electrons. The Hall–Kier alpha value is -0.0500. The fraction of sp³-hybridized carbons (Fsp3) is 0.941. The lowest BCUT2D eigenvalue weighted by Crippen LogP contribution is -2.49. The van der Waals surface area contributed by atoms with Crippen molar-refractivity contribution in [2.24, 2.45) is 28.7 Å². The van der Waals surface area contributed by atoms with Gasteiger partial charge in [0.15, 0.2) is 15.8 Å². The molecule has 2 aliphatic rings. The first kappa shape index (κ1) is 22.0. The summed E-state index contributed by atoms with van der Waals surface area (Å²) < 4.78 is 23.2. The molecule has 24 heavy (non-hydrogen) atoms. The number of guanidine groups is 1. The van der Waals surface area contributed by atoms with Gasteiger partial charge in [0.25, 0.3) is 0 Å². The van der Waals surface area contributed by atoms with E-state index in [1.54, 1.807) is 0 Å². The Morgan fingerprint density at radius 2 is 1.96 bits per heavy atom. The average Bonchev–Trinajstić information content (AvgIpc) is 2.81. The zero-order valence-corrected chi connectivity index (χ0v) is 18.6. The summed E-state index contributed by atoms with van der Waals surface area (Å²) in [5, 5.41) is 3.47. The Labute approximate surface area is 165 Å². The molecule has 142 valence electrons. The summed E-state index contributed by atoms with van der Waals surface area (Å²) in [6.07, 6.45) is 1.97. The topological polar surface area (TPSA) is 61.8 Å². The lowest BCUT2D eigenvalue weighted by atomic mass is 9.89. The number of nitrogens with one attached hydrogen (secondary N) is 1. The molecule has 2 saturated heterocycles. The minimum absolute atomic E-state index is 0. The van der Waals surface area contributed by atoms with Gasteiger partial charge in [0, 0.05) is 26.2 Å². The third kappa shape index (κ3) is 6.69. The van der Waals surface area contributed by atoms with Gasteiger partial charge in [0.05, 0.1) is 11.5 Å². The molecule has 0 aromatic rings. The molecule has 2 rings (SSSR count). The highest BCUT2D eigenvalue weighted by Crippen LogP contribution is 2.23. The van der Waals surface area contributed by atoms with E-state index in [2.05, 4.69) is 37.9 Å². The van der Waals surface area contributed by atoms with Crippen molar-refractivity contribution in [2.75, 3.05) is 37.7 Å². The number of sulfone groups is 1. The van der Waals surface area contributed by atoms with Crippen LogP contribution >= 0.6 is 24.0 Å². The largest absolute Gasteiger partial charge is 0.356 e. The Balaban J connectivity index is 0.00000288. The minimum atomic E-state index is -2.80. The lowest BCUT2D eigenvalue weighted by Gasteiger charge is -2.37. The Morgan fingerprint density at radius 3 is 2.50 bits per heavy atom. The number of piperidine rings is 1. The maximum Gasteiger partial charge on any atom is 0.193 e. The first-order valence-electron chi connectivity index (χ1n) is 9.00. The van der Waals surface area contributed by atoms with Gasteiger partial charge in [0.1, 0.15) is 0 Å². The maximum atomic E-state index is 11.6. The molecule has 5 nitrogen and oxygen atoms in total. The predicted molar refractivity (Wildman–Crippen MR) is 112 cm³/mol. The number of rotatable bonds is 4. The van der Waals surface area contributed by atoms with E-state index < -0.39 is 9.84 Å². The van der Waals surface area contributed by atoms with E-state index in [1.807, 2.05) is 0 Å². The smallest absolute Gasteiger partial charge is 0.193 e. The van der Waals surface area contributed by atoms with E-state index in [0.29, 0.717) is 23.3 Å². The molecule has 3 atom stereocenters. The maximum absolute atomic E-state index is 11.6. The van der Waals surface area contributed by atoms with Crippen LogP contribution in [0.25, 0.3) is 0 Å². The molecule has 2 heterocycles. The molecule has 3 unspecified atom stereocenters.